The van der Waals surface area contributed by atoms with E-state index in [1.54, 1.807) is 7.11 Å². The second kappa shape index (κ2) is 7.44. The molecule has 1 heterocycles. The highest BCUT2D eigenvalue weighted by molar-refractivity contribution is 9.10. The van der Waals surface area contributed by atoms with E-state index in [1.807, 2.05) is 18.2 Å². The van der Waals surface area contributed by atoms with Crippen LogP contribution < -0.4 is 14.8 Å². The molecule has 0 saturated heterocycles. The fraction of sp³-hybridized carbons (Fsp3) is 0.385. The highest BCUT2D eigenvalue weighted by Crippen LogP contribution is 2.30. The van der Waals surface area contributed by atoms with Gasteiger partial charge >= 0.3 is 0 Å². The van der Waals surface area contributed by atoms with Gasteiger partial charge in [0.2, 0.25) is 0 Å². The van der Waals surface area contributed by atoms with Crippen LogP contribution in [0, 0.1) is 0 Å². The van der Waals surface area contributed by atoms with Gasteiger partial charge in [0.1, 0.15) is 28.8 Å². The summed E-state index contributed by atoms with van der Waals surface area (Å²) in [5, 5.41) is 8.35. The molecule has 0 aliphatic rings. The van der Waals surface area contributed by atoms with Crippen LogP contribution >= 0.6 is 27.5 Å². The summed E-state index contributed by atoms with van der Waals surface area (Å²) in [7, 11) is 1.63. The summed E-state index contributed by atoms with van der Waals surface area (Å²) < 4.78 is 15.7. The van der Waals surface area contributed by atoms with E-state index in [2.05, 4.69) is 37.8 Å². The Morgan fingerprint density at radius 1 is 1.40 bits per heavy atom. The molecule has 1 aromatic carbocycles. The fourth-order valence-electron chi connectivity index (χ4n) is 1.55. The van der Waals surface area contributed by atoms with Crippen LogP contribution in [0.15, 0.2) is 22.7 Å². The molecule has 2 rings (SSSR count). The molecule has 7 heteroatoms. The number of nitrogens with zero attached hydrogens (tertiary/aromatic N) is 2. The summed E-state index contributed by atoms with van der Waals surface area (Å²) in [6.45, 7) is 3.41. The molecule has 0 unspecified atom stereocenters. The number of halogens is 1. The highest BCUT2D eigenvalue weighted by Gasteiger charge is 2.10. The molecular weight excluding hydrogens is 342 g/mol. The Morgan fingerprint density at radius 2 is 2.25 bits per heavy atom. The molecule has 0 radical (unpaired) electrons. The van der Waals surface area contributed by atoms with Crippen LogP contribution in [0.2, 0.25) is 0 Å². The minimum absolute atomic E-state index is 0.382. The van der Waals surface area contributed by atoms with E-state index in [-0.39, 0.29) is 0 Å². The van der Waals surface area contributed by atoms with Crippen molar-refractivity contribution >= 4 is 32.5 Å². The van der Waals surface area contributed by atoms with E-state index in [9.17, 15) is 0 Å². The lowest BCUT2D eigenvalue weighted by atomic mass is 10.3. The van der Waals surface area contributed by atoms with Gasteiger partial charge in [-0.25, -0.2) is 0 Å². The standard InChI is InChI=1S/C13H16BrN3O2S/c1-3-6-15-13-11(16-17-20-13)8-19-12-5-4-9(18-2)7-10(12)14/h4-5,7,15H,3,6,8H2,1-2H3. The smallest absolute Gasteiger partial charge is 0.136 e. The van der Waals surface area contributed by atoms with Crippen LogP contribution in [0.5, 0.6) is 11.5 Å². The molecule has 0 spiro atoms. The predicted octanol–water partition coefficient (Wildman–Crippen LogP) is 3.71. The zero-order chi connectivity index (χ0) is 14.4. The van der Waals surface area contributed by atoms with Gasteiger partial charge in [-0.1, -0.05) is 11.4 Å². The molecule has 1 aromatic heterocycles. The Balaban J connectivity index is 2.00. The normalized spacial score (nSPS) is 10.3. The number of hydrogen-bond acceptors (Lipinski definition) is 6. The van der Waals surface area contributed by atoms with Gasteiger partial charge < -0.3 is 14.8 Å². The number of rotatable bonds is 7. The lowest BCUT2D eigenvalue weighted by molar-refractivity contribution is 0.299. The van der Waals surface area contributed by atoms with Crippen LogP contribution in [0.4, 0.5) is 5.00 Å². The largest absolute Gasteiger partial charge is 0.497 e. The number of benzene rings is 1. The first kappa shape index (κ1) is 15.1. The molecule has 0 atom stereocenters. The van der Waals surface area contributed by atoms with Gasteiger partial charge in [-0.2, -0.15) is 0 Å². The molecule has 5 nitrogen and oxygen atoms in total. The Hall–Kier alpha value is -1.34. The molecule has 0 amide bonds. The van der Waals surface area contributed by atoms with Crippen molar-refractivity contribution in [3.05, 3.63) is 28.4 Å². The van der Waals surface area contributed by atoms with Gasteiger partial charge in [0.05, 0.1) is 11.6 Å². The van der Waals surface area contributed by atoms with Crippen LogP contribution in [-0.2, 0) is 6.61 Å². The van der Waals surface area contributed by atoms with E-state index < -0.39 is 0 Å². The van der Waals surface area contributed by atoms with Crippen LogP contribution in [0.25, 0.3) is 0 Å². The third-order valence-electron chi connectivity index (χ3n) is 2.59. The van der Waals surface area contributed by atoms with E-state index in [0.717, 1.165) is 39.6 Å². The number of nitrogens with one attached hydrogen (secondary N) is 1. The highest BCUT2D eigenvalue weighted by atomic mass is 79.9. The van der Waals surface area contributed by atoms with Gasteiger partial charge in [0.25, 0.3) is 0 Å². The Labute approximate surface area is 130 Å². The molecule has 108 valence electrons. The van der Waals surface area contributed by atoms with Gasteiger partial charge in [-0.05, 0) is 40.5 Å². The topological polar surface area (TPSA) is 56.3 Å². The second-order valence-corrected chi connectivity index (χ2v) is 5.67. The van der Waals surface area contributed by atoms with Crippen molar-refractivity contribution in [2.45, 2.75) is 20.0 Å². The monoisotopic (exact) mass is 357 g/mol. The van der Waals surface area contributed by atoms with E-state index in [4.69, 9.17) is 9.47 Å². The average molecular weight is 358 g/mol. The lowest BCUT2D eigenvalue weighted by Gasteiger charge is -2.09. The van der Waals surface area contributed by atoms with Crippen molar-refractivity contribution in [1.82, 2.24) is 9.59 Å². The molecule has 20 heavy (non-hydrogen) atoms. The SMILES string of the molecule is CCCNc1snnc1COc1ccc(OC)cc1Br. The Kier molecular flexibility index (Phi) is 5.60. The molecule has 0 saturated carbocycles. The second-order valence-electron chi connectivity index (χ2n) is 4.06. The summed E-state index contributed by atoms with van der Waals surface area (Å²) in [4.78, 5) is 0. The quantitative estimate of drug-likeness (QED) is 0.818. The first-order chi connectivity index (χ1) is 9.74. The third kappa shape index (κ3) is 3.83. The molecule has 0 aliphatic carbocycles. The van der Waals surface area contributed by atoms with Crippen LogP contribution in [0.1, 0.15) is 19.0 Å². The van der Waals surface area contributed by atoms with Crippen molar-refractivity contribution in [3.63, 3.8) is 0 Å². The predicted molar refractivity (Wildman–Crippen MR) is 83.7 cm³/mol. The van der Waals surface area contributed by atoms with Crippen LogP contribution in [-0.4, -0.2) is 23.2 Å². The number of ether oxygens (including phenoxy) is 2. The summed E-state index contributed by atoms with van der Waals surface area (Å²) in [6, 6.07) is 5.59. The number of anilines is 1. The number of hydrogen-bond donors (Lipinski definition) is 1. The first-order valence-electron chi connectivity index (χ1n) is 6.26. The molecule has 0 fully saturated rings. The molecular formula is C13H16BrN3O2S. The van der Waals surface area contributed by atoms with Gasteiger partial charge in [0.15, 0.2) is 0 Å². The molecule has 0 aliphatic heterocycles. The molecule has 0 bridgehead atoms. The third-order valence-corrected chi connectivity index (χ3v) is 3.94. The van der Waals surface area contributed by atoms with E-state index >= 15 is 0 Å². The van der Waals surface area contributed by atoms with Crippen molar-refractivity contribution in [1.29, 1.82) is 0 Å². The zero-order valence-electron chi connectivity index (χ0n) is 11.4. The van der Waals surface area contributed by atoms with Crippen molar-refractivity contribution < 1.29 is 9.47 Å². The molecule has 2 aromatic rings. The summed E-state index contributed by atoms with van der Waals surface area (Å²) in [5.74, 6) is 1.53. The van der Waals surface area contributed by atoms with Gasteiger partial charge in [-0.15, -0.1) is 5.10 Å². The lowest BCUT2D eigenvalue weighted by Crippen LogP contribution is -2.04. The summed E-state index contributed by atoms with van der Waals surface area (Å²) in [6.07, 6.45) is 1.06. The summed E-state index contributed by atoms with van der Waals surface area (Å²) in [5.41, 5.74) is 0.825. The van der Waals surface area contributed by atoms with Gasteiger partial charge in [-0.3, -0.25) is 0 Å². The number of methoxy groups -OCH3 is 1. The maximum atomic E-state index is 5.76. The van der Waals surface area contributed by atoms with Crippen molar-refractivity contribution in [3.8, 4) is 11.5 Å². The van der Waals surface area contributed by atoms with E-state index in [0.29, 0.717) is 6.61 Å². The zero-order valence-corrected chi connectivity index (χ0v) is 13.8. The summed E-state index contributed by atoms with van der Waals surface area (Å²) >= 11 is 4.81. The van der Waals surface area contributed by atoms with Gasteiger partial charge in [0, 0.05) is 18.1 Å². The average Bonchev–Trinajstić information content (AvgIpc) is 2.91. The first-order valence-corrected chi connectivity index (χ1v) is 7.82. The van der Waals surface area contributed by atoms with Crippen LogP contribution in [0.3, 0.4) is 0 Å². The van der Waals surface area contributed by atoms with E-state index in [1.165, 1.54) is 11.5 Å². The maximum Gasteiger partial charge on any atom is 0.136 e. The minimum atomic E-state index is 0.382. The Morgan fingerprint density at radius 3 is 2.95 bits per heavy atom. The Bertz CT molecular complexity index is 562. The molecule has 1 N–H and O–H groups in total. The number of aromatic nitrogens is 2. The maximum absolute atomic E-state index is 5.76. The fourth-order valence-corrected chi connectivity index (χ4v) is 2.61. The minimum Gasteiger partial charge on any atom is -0.497 e. The van der Waals surface area contributed by atoms with Crippen molar-refractivity contribution in [2.75, 3.05) is 19.0 Å². The van der Waals surface area contributed by atoms with Crippen molar-refractivity contribution in [2.24, 2.45) is 0 Å².